The molecular weight excluding hydrogens is 276 g/mol. The van der Waals surface area contributed by atoms with Crippen molar-refractivity contribution in [1.29, 1.82) is 0 Å². The Kier molecular flexibility index (Phi) is 3.32. The Morgan fingerprint density at radius 2 is 2.00 bits per heavy atom. The predicted octanol–water partition coefficient (Wildman–Crippen LogP) is 1.37. The maximum atomic E-state index is 12.3. The van der Waals surface area contributed by atoms with Gasteiger partial charge in [-0.15, -0.1) is 0 Å². The lowest BCUT2D eigenvalue weighted by molar-refractivity contribution is -0.204. The number of hydrogen-bond donors (Lipinski definition) is 1. The van der Waals surface area contributed by atoms with Crippen molar-refractivity contribution in [3.63, 3.8) is 0 Å². The average Bonchev–Trinajstić information content (AvgIpc) is 2.85. The number of benzene rings is 1. The van der Waals surface area contributed by atoms with E-state index in [4.69, 9.17) is 19.3 Å². The normalized spacial score (nSPS) is 30.4. The third-order valence-electron chi connectivity index (χ3n) is 3.61. The first kappa shape index (κ1) is 14.2. The second kappa shape index (κ2) is 4.91. The van der Waals surface area contributed by atoms with Gasteiger partial charge < -0.3 is 19.3 Å². The molecule has 0 amide bonds. The molecule has 3 rings (SSSR count). The second-order valence-electron chi connectivity index (χ2n) is 5.62. The molecule has 0 unspecified atom stereocenters. The molecule has 3 atom stereocenters. The fourth-order valence-electron chi connectivity index (χ4n) is 2.69. The quantitative estimate of drug-likeness (QED) is 0.906. The van der Waals surface area contributed by atoms with Gasteiger partial charge in [-0.3, -0.25) is 4.79 Å². The van der Waals surface area contributed by atoms with Gasteiger partial charge in [-0.2, -0.15) is 0 Å². The largest absolute Gasteiger partial charge is 0.478 e. The predicted molar refractivity (Wildman–Crippen MR) is 70.8 cm³/mol. The smallest absolute Gasteiger partial charge is 0.335 e. The Morgan fingerprint density at radius 3 is 2.67 bits per heavy atom. The fraction of sp³-hybridized carbons (Fsp3) is 0.467. The molecular formula is C15H16O6. The Labute approximate surface area is 121 Å². The van der Waals surface area contributed by atoms with Crippen LogP contribution >= 0.6 is 0 Å². The zero-order valence-electron chi connectivity index (χ0n) is 11.7. The van der Waals surface area contributed by atoms with Crippen molar-refractivity contribution >= 4 is 11.8 Å². The molecule has 6 nitrogen and oxygen atoms in total. The summed E-state index contributed by atoms with van der Waals surface area (Å²) >= 11 is 0. The Balaban J connectivity index is 1.77. The molecule has 112 valence electrons. The number of carboxylic acids is 1. The van der Waals surface area contributed by atoms with E-state index in [2.05, 4.69) is 0 Å². The van der Waals surface area contributed by atoms with Crippen molar-refractivity contribution in [2.24, 2.45) is 0 Å². The van der Waals surface area contributed by atoms with E-state index in [-0.39, 0.29) is 17.8 Å². The lowest BCUT2D eigenvalue weighted by Crippen LogP contribution is -2.31. The minimum atomic E-state index is -1.02. The van der Waals surface area contributed by atoms with Crippen LogP contribution in [0.3, 0.4) is 0 Å². The van der Waals surface area contributed by atoms with Crippen LogP contribution in [-0.2, 0) is 25.4 Å². The number of rotatable bonds is 3. The van der Waals surface area contributed by atoms with Gasteiger partial charge in [0.2, 0.25) is 0 Å². The molecule has 2 aliphatic rings. The van der Waals surface area contributed by atoms with Crippen molar-refractivity contribution in [3.05, 3.63) is 35.4 Å². The summed E-state index contributed by atoms with van der Waals surface area (Å²) in [4.78, 5) is 23.5. The molecule has 21 heavy (non-hydrogen) atoms. The zero-order valence-corrected chi connectivity index (χ0v) is 11.7. The number of hydrogen-bond acceptors (Lipinski definition) is 5. The zero-order chi connectivity index (χ0) is 15.2. The van der Waals surface area contributed by atoms with Crippen LogP contribution in [0.25, 0.3) is 0 Å². The standard InChI is InChI=1S/C15H16O6/c1-15(2)20-12-11(16)10(19-14(12)21-15)7-8-5-3-4-6-9(8)13(17)18/h3-6,10,12,14H,7H2,1-2H3,(H,17,18)/t10-,12-,14-/m1/s1. The summed E-state index contributed by atoms with van der Waals surface area (Å²) in [7, 11) is 0. The maximum Gasteiger partial charge on any atom is 0.335 e. The highest BCUT2D eigenvalue weighted by Gasteiger charge is 2.54. The summed E-state index contributed by atoms with van der Waals surface area (Å²) in [6, 6.07) is 6.57. The molecule has 2 heterocycles. The fourth-order valence-corrected chi connectivity index (χ4v) is 2.69. The summed E-state index contributed by atoms with van der Waals surface area (Å²) in [5.74, 6) is -2.06. The first-order valence-corrected chi connectivity index (χ1v) is 6.73. The van der Waals surface area contributed by atoms with Crippen LogP contribution in [0, 0.1) is 0 Å². The van der Waals surface area contributed by atoms with Crippen LogP contribution in [0.15, 0.2) is 24.3 Å². The molecule has 6 heteroatoms. The van der Waals surface area contributed by atoms with E-state index in [0.717, 1.165) is 0 Å². The van der Waals surface area contributed by atoms with Crippen LogP contribution in [0.1, 0.15) is 29.8 Å². The average molecular weight is 292 g/mol. The van der Waals surface area contributed by atoms with Crippen molar-refractivity contribution in [2.45, 2.75) is 44.6 Å². The Morgan fingerprint density at radius 1 is 1.29 bits per heavy atom. The first-order valence-electron chi connectivity index (χ1n) is 6.73. The number of carbonyl (C=O) groups is 2. The SMILES string of the molecule is CC1(C)O[C@H]2O[C@H](Cc3ccccc3C(=O)O)C(=O)[C@H]2O1. The molecule has 2 aliphatic heterocycles. The molecule has 2 fully saturated rings. The number of Topliss-reactive ketones (excluding diaryl/α,β-unsaturated/α-hetero) is 1. The molecule has 0 bridgehead atoms. The van der Waals surface area contributed by atoms with E-state index in [9.17, 15) is 9.59 Å². The van der Waals surface area contributed by atoms with Gasteiger partial charge in [0.25, 0.3) is 0 Å². The number of carbonyl (C=O) groups excluding carboxylic acids is 1. The third-order valence-corrected chi connectivity index (χ3v) is 3.61. The molecule has 0 saturated carbocycles. The lowest BCUT2D eigenvalue weighted by Gasteiger charge is -2.20. The molecule has 0 aromatic heterocycles. The monoisotopic (exact) mass is 292 g/mol. The first-order chi connectivity index (χ1) is 9.87. The topological polar surface area (TPSA) is 82.1 Å². The summed E-state index contributed by atoms with van der Waals surface area (Å²) in [6.45, 7) is 3.44. The van der Waals surface area contributed by atoms with Gasteiger partial charge in [-0.1, -0.05) is 18.2 Å². The van der Waals surface area contributed by atoms with E-state index in [1.807, 2.05) is 0 Å². The van der Waals surface area contributed by atoms with Crippen LogP contribution < -0.4 is 0 Å². The number of ketones is 1. The van der Waals surface area contributed by atoms with Gasteiger partial charge in [-0.05, 0) is 25.5 Å². The highest BCUT2D eigenvalue weighted by atomic mass is 16.8. The van der Waals surface area contributed by atoms with E-state index < -0.39 is 30.3 Å². The van der Waals surface area contributed by atoms with Gasteiger partial charge in [0, 0.05) is 6.42 Å². The molecule has 1 aromatic carbocycles. The van der Waals surface area contributed by atoms with E-state index in [1.165, 1.54) is 6.07 Å². The van der Waals surface area contributed by atoms with Gasteiger partial charge in [0.1, 0.15) is 6.10 Å². The summed E-state index contributed by atoms with van der Waals surface area (Å²) in [5, 5.41) is 9.16. The number of ether oxygens (including phenoxy) is 3. The molecule has 2 saturated heterocycles. The number of fused-ring (bicyclic) bond motifs is 1. The van der Waals surface area contributed by atoms with E-state index in [1.54, 1.807) is 32.0 Å². The Bertz CT molecular complexity index is 594. The molecule has 0 spiro atoms. The molecule has 0 radical (unpaired) electrons. The number of aromatic carboxylic acids is 1. The van der Waals surface area contributed by atoms with E-state index in [0.29, 0.717) is 5.56 Å². The molecule has 0 aliphatic carbocycles. The van der Waals surface area contributed by atoms with Crippen molar-refractivity contribution in [1.82, 2.24) is 0 Å². The highest BCUT2D eigenvalue weighted by molar-refractivity contribution is 5.92. The summed E-state index contributed by atoms with van der Waals surface area (Å²) in [5.41, 5.74) is 0.732. The third kappa shape index (κ3) is 2.57. The van der Waals surface area contributed by atoms with Crippen LogP contribution in [0.5, 0.6) is 0 Å². The van der Waals surface area contributed by atoms with Crippen LogP contribution in [0.2, 0.25) is 0 Å². The minimum Gasteiger partial charge on any atom is -0.478 e. The Hall–Kier alpha value is -1.76. The van der Waals surface area contributed by atoms with Crippen molar-refractivity contribution in [2.75, 3.05) is 0 Å². The lowest BCUT2D eigenvalue weighted by atomic mass is 9.99. The van der Waals surface area contributed by atoms with Crippen molar-refractivity contribution in [3.8, 4) is 0 Å². The summed E-state index contributed by atoms with van der Waals surface area (Å²) < 4.78 is 16.6. The highest BCUT2D eigenvalue weighted by Crippen LogP contribution is 2.36. The summed E-state index contributed by atoms with van der Waals surface area (Å²) in [6.07, 6.45) is -1.99. The van der Waals surface area contributed by atoms with Gasteiger partial charge in [-0.25, -0.2) is 4.79 Å². The van der Waals surface area contributed by atoms with Gasteiger partial charge in [0.15, 0.2) is 24.0 Å². The van der Waals surface area contributed by atoms with Crippen molar-refractivity contribution < 1.29 is 28.9 Å². The maximum absolute atomic E-state index is 12.3. The van der Waals surface area contributed by atoms with Gasteiger partial charge >= 0.3 is 5.97 Å². The molecule has 1 N–H and O–H groups in total. The van der Waals surface area contributed by atoms with Gasteiger partial charge in [0.05, 0.1) is 5.56 Å². The second-order valence-corrected chi connectivity index (χ2v) is 5.62. The van der Waals surface area contributed by atoms with E-state index >= 15 is 0 Å². The van der Waals surface area contributed by atoms with Crippen LogP contribution in [0.4, 0.5) is 0 Å². The van der Waals surface area contributed by atoms with Crippen LogP contribution in [-0.4, -0.2) is 41.1 Å². The number of carboxylic acid groups (broad SMARTS) is 1. The molecule has 1 aromatic rings. The minimum absolute atomic E-state index is 0.174.